The van der Waals surface area contributed by atoms with Crippen molar-refractivity contribution in [1.82, 2.24) is 10.2 Å². The topological polar surface area (TPSA) is 115 Å². The molecule has 1 aromatic carbocycles. The van der Waals surface area contributed by atoms with Crippen LogP contribution in [0.2, 0.25) is 0 Å². The number of ether oxygens (including phenoxy) is 1. The maximum atomic E-state index is 13.1. The molecule has 0 aliphatic heterocycles. The average molecular weight is 279 g/mol. The molecule has 0 saturated carbocycles. The Morgan fingerprint density at radius 1 is 1.40 bits per heavy atom. The number of hydrogen-bond acceptors (Lipinski definition) is 6. The number of hydrogen-bond donors (Lipinski definition) is 1. The first-order chi connectivity index (χ1) is 9.49. The second kappa shape index (κ2) is 5.26. The Hall–Kier alpha value is -3.10. The Balaban J connectivity index is 2.47. The minimum Gasteiger partial charge on any atom is -0.477 e. The summed E-state index contributed by atoms with van der Waals surface area (Å²) in [5.41, 5.74) is -0.869. The van der Waals surface area contributed by atoms with E-state index in [0.29, 0.717) is 0 Å². The number of rotatable bonds is 4. The van der Waals surface area contributed by atoms with Crippen LogP contribution in [0, 0.1) is 15.9 Å². The number of carbonyl (C=O) groups is 1. The van der Waals surface area contributed by atoms with E-state index in [9.17, 15) is 19.3 Å². The van der Waals surface area contributed by atoms with Gasteiger partial charge in [-0.2, -0.15) is 5.10 Å². The standard InChI is InChI=1S/C11H6FN3O5/c12-6-1-2-8(15(18)19)9(5-6)20-10-7(11(16)17)3-4-13-14-10/h1-5H,(H,16,17). The lowest BCUT2D eigenvalue weighted by Crippen LogP contribution is -2.04. The van der Waals surface area contributed by atoms with E-state index in [0.717, 1.165) is 30.5 Å². The highest BCUT2D eigenvalue weighted by atomic mass is 19.1. The zero-order valence-electron chi connectivity index (χ0n) is 9.69. The molecule has 9 heteroatoms. The van der Waals surface area contributed by atoms with Gasteiger partial charge in [-0.05, 0) is 12.1 Å². The van der Waals surface area contributed by atoms with Crippen molar-refractivity contribution in [2.24, 2.45) is 0 Å². The van der Waals surface area contributed by atoms with Crippen LogP contribution in [0.5, 0.6) is 11.6 Å². The van der Waals surface area contributed by atoms with Crippen LogP contribution in [0.1, 0.15) is 10.4 Å². The first-order valence-corrected chi connectivity index (χ1v) is 5.16. The van der Waals surface area contributed by atoms with E-state index in [2.05, 4.69) is 10.2 Å². The smallest absolute Gasteiger partial charge is 0.341 e. The zero-order chi connectivity index (χ0) is 14.7. The van der Waals surface area contributed by atoms with Crippen molar-refractivity contribution in [3.05, 3.63) is 52.0 Å². The summed E-state index contributed by atoms with van der Waals surface area (Å²) in [7, 11) is 0. The molecule has 0 bridgehead atoms. The summed E-state index contributed by atoms with van der Waals surface area (Å²) in [6.45, 7) is 0. The second-order valence-electron chi connectivity index (χ2n) is 3.53. The monoisotopic (exact) mass is 279 g/mol. The molecule has 8 nitrogen and oxygen atoms in total. The van der Waals surface area contributed by atoms with Crippen molar-refractivity contribution in [3.8, 4) is 11.6 Å². The second-order valence-corrected chi connectivity index (χ2v) is 3.53. The summed E-state index contributed by atoms with van der Waals surface area (Å²) >= 11 is 0. The number of carboxylic acid groups (broad SMARTS) is 1. The highest BCUT2D eigenvalue weighted by Gasteiger charge is 2.20. The van der Waals surface area contributed by atoms with Crippen LogP contribution >= 0.6 is 0 Å². The van der Waals surface area contributed by atoms with E-state index in [1.807, 2.05) is 0 Å². The highest BCUT2D eigenvalue weighted by Crippen LogP contribution is 2.32. The molecule has 1 N–H and O–H groups in total. The van der Waals surface area contributed by atoms with Gasteiger partial charge in [0.1, 0.15) is 11.4 Å². The van der Waals surface area contributed by atoms with Crippen molar-refractivity contribution < 1.29 is 24.0 Å². The lowest BCUT2D eigenvalue weighted by atomic mass is 10.2. The van der Waals surface area contributed by atoms with Crippen LogP contribution in [0.25, 0.3) is 0 Å². The van der Waals surface area contributed by atoms with Gasteiger partial charge in [0.05, 0.1) is 11.1 Å². The molecule has 0 atom stereocenters. The molecule has 0 radical (unpaired) electrons. The van der Waals surface area contributed by atoms with Crippen molar-refractivity contribution in [3.63, 3.8) is 0 Å². The molecule has 0 fully saturated rings. The van der Waals surface area contributed by atoms with Crippen molar-refractivity contribution in [1.29, 1.82) is 0 Å². The summed E-state index contributed by atoms with van der Waals surface area (Å²) in [4.78, 5) is 20.9. The lowest BCUT2D eigenvalue weighted by molar-refractivity contribution is -0.385. The molecule has 0 aliphatic rings. The van der Waals surface area contributed by atoms with E-state index in [1.165, 1.54) is 0 Å². The average Bonchev–Trinajstić information content (AvgIpc) is 2.38. The van der Waals surface area contributed by atoms with E-state index < -0.39 is 34.0 Å². The molecular formula is C11H6FN3O5. The third-order valence-electron chi connectivity index (χ3n) is 2.24. The number of benzene rings is 1. The fourth-order valence-corrected chi connectivity index (χ4v) is 1.38. The molecule has 0 unspecified atom stereocenters. The third-order valence-corrected chi connectivity index (χ3v) is 2.24. The van der Waals surface area contributed by atoms with Gasteiger partial charge >= 0.3 is 11.7 Å². The summed E-state index contributed by atoms with van der Waals surface area (Å²) in [6, 6.07) is 3.66. The number of aromatic nitrogens is 2. The minimum absolute atomic E-state index is 0.349. The number of nitrogens with zero attached hydrogens (tertiary/aromatic N) is 3. The number of aromatic carboxylic acids is 1. The van der Waals surface area contributed by atoms with Crippen LogP contribution in [-0.2, 0) is 0 Å². The fraction of sp³-hybridized carbons (Fsp3) is 0. The zero-order valence-corrected chi connectivity index (χ0v) is 9.69. The molecule has 0 saturated heterocycles. The predicted octanol–water partition coefficient (Wildman–Crippen LogP) is 2.01. The van der Waals surface area contributed by atoms with Gasteiger partial charge in [-0.15, -0.1) is 5.10 Å². The molecule has 2 rings (SSSR count). The molecule has 102 valence electrons. The first-order valence-electron chi connectivity index (χ1n) is 5.16. The fourth-order valence-electron chi connectivity index (χ4n) is 1.38. The van der Waals surface area contributed by atoms with Gasteiger partial charge in [-0.25, -0.2) is 9.18 Å². The SMILES string of the molecule is O=C(O)c1ccnnc1Oc1cc(F)ccc1[N+](=O)[O-]. The van der Waals surface area contributed by atoms with Crippen LogP contribution in [-0.4, -0.2) is 26.2 Å². The van der Waals surface area contributed by atoms with E-state index in [-0.39, 0.29) is 5.56 Å². The lowest BCUT2D eigenvalue weighted by Gasteiger charge is -2.06. The van der Waals surface area contributed by atoms with E-state index in [1.54, 1.807) is 0 Å². The maximum Gasteiger partial charge on any atom is 0.341 e. The maximum absolute atomic E-state index is 13.1. The Labute approximate surface area is 110 Å². The van der Waals surface area contributed by atoms with Gasteiger partial charge < -0.3 is 9.84 Å². The molecule has 1 heterocycles. The summed E-state index contributed by atoms with van der Waals surface area (Å²) in [6.07, 6.45) is 1.12. The minimum atomic E-state index is -1.35. The van der Waals surface area contributed by atoms with Gasteiger partial charge in [0.15, 0.2) is 0 Å². The van der Waals surface area contributed by atoms with E-state index >= 15 is 0 Å². The highest BCUT2D eigenvalue weighted by molar-refractivity contribution is 5.90. The molecular weight excluding hydrogens is 273 g/mol. The Morgan fingerprint density at radius 2 is 2.15 bits per heavy atom. The Kier molecular flexibility index (Phi) is 3.51. The van der Waals surface area contributed by atoms with Crippen LogP contribution in [0.4, 0.5) is 10.1 Å². The van der Waals surface area contributed by atoms with Crippen LogP contribution in [0.15, 0.2) is 30.5 Å². The van der Waals surface area contributed by atoms with Crippen molar-refractivity contribution >= 4 is 11.7 Å². The summed E-state index contributed by atoms with van der Waals surface area (Å²) < 4.78 is 18.1. The van der Waals surface area contributed by atoms with Crippen molar-refractivity contribution in [2.45, 2.75) is 0 Å². The first kappa shape index (κ1) is 13.3. The van der Waals surface area contributed by atoms with Gasteiger partial charge in [0.2, 0.25) is 5.75 Å². The number of nitro benzene ring substituents is 1. The quantitative estimate of drug-likeness (QED) is 0.672. The van der Waals surface area contributed by atoms with Crippen LogP contribution in [0.3, 0.4) is 0 Å². The molecule has 1 aromatic heterocycles. The Bertz CT molecular complexity index is 692. The normalized spacial score (nSPS) is 10.1. The molecule has 2 aromatic rings. The molecule has 20 heavy (non-hydrogen) atoms. The summed E-state index contributed by atoms with van der Waals surface area (Å²) in [5.74, 6) is -3.05. The van der Waals surface area contributed by atoms with Gasteiger partial charge in [-0.1, -0.05) is 0 Å². The summed E-state index contributed by atoms with van der Waals surface area (Å²) in [5, 5.41) is 26.6. The van der Waals surface area contributed by atoms with Gasteiger partial charge in [0, 0.05) is 12.1 Å². The molecule has 0 aliphatic carbocycles. The molecule has 0 amide bonds. The van der Waals surface area contributed by atoms with Gasteiger partial charge in [0.25, 0.3) is 5.88 Å². The Morgan fingerprint density at radius 3 is 2.80 bits per heavy atom. The number of carboxylic acids is 1. The number of halogens is 1. The predicted molar refractivity (Wildman–Crippen MR) is 62.1 cm³/mol. The van der Waals surface area contributed by atoms with Crippen molar-refractivity contribution in [2.75, 3.05) is 0 Å². The van der Waals surface area contributed by atoms with Crippen LogP contribution < -0.4 is 4.74 Å². The third kappa shape index (κ3) is 2.66. The molecule has 0 spiro atoms. The largest absolute Gasteiger partial charge is 0.477 e. The van der Waals surface area contributed by atoms with E-state index in [4.69, 9.17) is 9.84 Å². The van der Waals surface area contributed by atoms with Gasteiger partial charge in [-0.3, -0.25) is 10.1 Å². The number of nitro groups is 1.